The quantitative estimate of drug-likeness (QED) is 0.919. The van der Waals surface area contributed by atoms with E-state index in [4.69, 9.17) is 0 Å². The molecule has 114 valence electrons. The number of carbonyl (C=O) groups excluding carboxylic acids is 1. The molecule has 1 aliphatic heterocycles. The molecule has 21 heavy (non-hydrogen) atoms. The van der Waals surface area contributed by atoms with Crippen LogP contribution in [0.3, 0.4) is 0 Å². The number of piperazine rings is 1. The van der Waals surface area contributed by atoms with Crippen LogP contribution in [0.1, 0.15) is 18.4 Å². The molecule has 1 aliphatic carbocycles. The van der Waals surface area contributed by atoms with Crippen molar-refractivity contribution in [2.75, 3.05) is 32.7 Å². The predicted octanol–water partition coefficient (Wildman–Crippen LogP) is 1.86. The van der Waals surface area contributed by atoms with E-state index >= 15 is 0 Å². The minimum atomic E-state index is -0.204. The number of halogens is 1. The molecule has 5 heteroatoms. The molecule has 3 rings (SSSR count). The summed E-state index contributed by atoms with van der Waals surface area (Å²) in [5.41, 5.74) is 0.649. The minimum Gasteiger partial charge on any atom is -0.338 e. The van der Waals surface area contributed by atoms with Gasteiger partial charge in [0, 0.05) is 38.8 Å². The fourth-order valence-electron chi connectivity index (χ4n) is 2.85. The molecule has 0 aromatic heterocycles. The lowest BCUT2D eigenvalue weighted by molar-refractivity contribution is 0.135. The summed E-state index contributed by atoms with van der Waals surface area (Å²) in [6.45, 7) is 4.02. The van der Waals surface area contributed by atoms with Gasteiger partial charge in [-0.25, -0.2) is 9.18 Å². The Balaban J connectivity index is 1.39. The Morgan fingerprint density at radius 3 is 2.57 bits per heavy atom. The van der Waals surface area contributed by atoms with Gasteiger partial charge in [-0.3, -0.25) is 4.90 Å². The molecule has 2 fully saturated rings. The highest BCUT2D eigenvalue weighted by molar-refractivity contribution is 5.74. The van der Waals surface area contributed by atoms with E-state index in [0.29, 0.717) is 18.5 Å². The summed E-state index contributed by atoms with van der Waals surface area (Å²) in [5.74, 6) is -0.204. The summed E-state index contributed by atoms with van der Waals surface area (Å²) in [6.07, 6.45) is 3.16. The van der Waals surface area contributed by atoms with Gasteiger partial charge in [0.1, 0.15) is 5.82 Å². The number of benzene rings is 1. The molecule has 2 aliphatic rings. The first-order valence-electron chi connectivity index (χ1n) is 7.74. The molecule has 1 N–H and O–H groups in total. The number of nitrogens with one attached hydrogen (secondary N) is 1. The molecule has 0 radical (unpaired) electrons. The van der Waals surface area contributed by atoms with Crippen LogP contribution < -0.4 is 5.32 Å². The lowest BCUT2D eigenvalue weighted by Crippen LogP contribution is -2.52. The van der Waals surface area contributed by atoms with E-state index in [1.807, 2.05) is 11.0 Å². The molecule has 2 amide bonds. The molecular weight excluding hydrogens is 269 g/mol. The van der Waals surface area contributed by atoms with Crippen LogP contribution in [0.25, 0.3) is 0 Å². The maximum atomic E-state index is 13.5. The Hall–Kier alpha value is -1.62. The number of amides is 2. The number of nitrogens with zero attached hydrogens (tertiary/aromatic N) is 2. The van der Waals surface area contributed by atoms with Crippen molar-refractivity contribution >= 4 is 6.03 Å². The van der Waals surface area contributed by atoms with Crippen molar-refractivity contribution in [2.24, 2.45) is 0 Å². The summed E-state index contributed by atoms with van der Waals surface area (Å²) in [5, 5.41) is 2.89. The van der Waals surface area contributed by atoms with E-state index in [2.05, 4.69) is 10.2 Å². The van der Waals surface area contributed by atoms with Crippen LogP contribution in [0.4, 0.5) is 9.18 Å². The second kappa shape index (κ2) is 6.43. The van der Waals surface area contributed by atoms with Crippen molar-refractivity contribution in [1.82, 2.24) is 15.1 Å². The Kier molecular flexibility index (Phi) is 4.39. The molecule has 1 aromatic rings. The number of rotatable bonds is 4. The SMILES string of the molecule is O=C(NCCc1ccccc1F)N1CCN(C2CC2)CC1. The van der Waals surface area contributed by atoms with Crippen molar-refractivity contribution in [3.05, 3.63) is 35.6 Å². The zero-order valence-electron chi connectivity index (χ0n) is 12.2. The molecule has 0 spiro atoms. The van der Waals surface area contributed by atoms with Gasteiger partial charge in [-0.2, -0.15) is 0 Å². The molecule has 0 bridgehead atoms. The third-order valence-electron chi connectivity index (χ3n) is 4.29. The van der Waals surface area contributed by atoms with Crippen LogP contribution in [-0.2, 0) is 6.42 Å². The first kappa shape index (κ1) is 14.3. The molecule has 1 saturated carbocycles. The van der Waals surface area contributed by atoms with Gasteiger partial charge in [-0.05, 0) is 30.9 Å². The topological polar surface area (TPSA) is 35.6 Å². The van der Waals surface area contributed by atoms with E-state index in [0.717, 1.165) is 32.2 Å². The number of hydrogen-bond acceptors (Lipinski definition) is 2. The zero-order valence-corrected chi connectivity index (χ0v) is 12.2. The third-order valence-corrected chi connectivity index (χ3v) is 4.29. The number of hydrogen-bond donors (Lipinski definition) is 1. The normalized spacial score (nSPS) is 19.6. The highest BCUT2D eigenvalue weighted by atomic mass is 19.1. The van der Waals surface area contributed by atoms with Crippen LogP contribution >= 0.6 is 0 Å². The maximum Gasteiger partial charge on any atom is 0.317 e. The van der Waals surface area contributed by atoms with Gasteiger partial charge in [-0.1, -0.05) is 18.2 Å². The fraction of sp³-hybridized carbons (Fsp3) is 0.562. The molecule has 0 unspecified atom stereocenters. The van der Waals surface area contributed by atoms with E-state index in [-0.39, 0.29) is 11.8 Å². The molecule has 4 nitrogen and oxygen atoms in total. The standard InChI is InChI=1S/C16H22FN3O/c17-15-4-2-1-3-13(15)7-8-18-16(21)20-11-9-19(10-12-20)14-5-6-14/h1-4,14H,5-12H2,(H,18,21). The van der Waals surface area contributed by atoms with E-state index in [9.17, 15) is 9.18 Å². The summed E-state index contributed by atoms with van der Waals surface area (Å²) in [6, 6.07) is 7.45. The van der Waals surface area contributed by atoms with Gasteiger partial charge < -0.3 is 10.2 Å². The maximum absolute atomic E-state index is 13.5. The zero-order chi connectivity index (χ0) is 14.7. The van der Waals surface area contributed by atoms with Gasteiger partial charge in [-0.15, -0.1) is 0 Å². The second-order valence-electron chi connectivity index (χ2n) is 5.83. The van der Waals surface area contributed by atoms with Crippen LogP contribution in [0.5, 0.6) is 0 Å². The Bertz CT molecular complexity index is 496. The van der Waals surface area contributed by atoms with Gasteiger partial charge in [0.15, 0.2) is 0 Å². The van der Waals surface area contributed by atoms with Gasteiger partial charge in [0.25, 0.3) is 0 Å². The highest BCUT2D eigenvalue weighted by Crippen LogP contribution is 2.27. The summed E-state index contributed by atoms with van der Waals surface area (Å²) < 4.78 is 13.5. The molecular formula is C16H22FN3O. The summed E-state index contributed by atoms with van der Waals surface area (Å²) in [4.78, 5) is 16.4. The van der Waals surface area contributed by atoms with Crippen molar-refractivity contribution in [2.45, 2.75) is 25.3 Å². The van der Waals surface area contributed by atoms with Gasteiger partial charge >= 0.3 is 6.03 Å². The number of urea groups is 1. The molecule has 0 atom stereocenters. The minimum absolute atomic E-state index is 0.0261. The highest BCUT2D eigenvalue weighted by Gasteiger charge is 2.32. The van der Waals surface area contributed by atoms with Crippen molar-refractivity contribution in [3.8, 4) is 0 Å². The Morgan fingerprint density at radius 2 is 1.90 bits per heavy atom. The Morgan fingerprint density at radius 1 is 1.19 bits per heavy atom. The van der Waals surface area contributed by atoms with Crippen LogP contribution in [0.2, 0.25) is 0 Å². The molecule has 1 aromatic carbocycles. The first-order chi connectivity index (χ1) is 10.2. The fourth-order valence-corrected chi connectivity index (χ4v) is 2.85. The van der Waals surface area contributed by atoms with Crippen molar-refractivity contribution in [3.63, 3.8) is 0 Å². The summed E-state index contributed by atoms with van der Waals surface area (Å²) >= 11 is 0. The monoisotopic (exact) mass is 291 g/mol. The van der Waals surface area contributed by atoms with E-state index in [1.54, 1.807) is 12.1 Å². The Labute approximate surface area is 124 Å². The van der Waals surface area contributed by atoms with Crippen LogP contribution in [-0.4, -0.2) is 54.6 Å². The molecule has 1 saturated heterocycles. The smallest absolute Gasteiger partial charge is 0.317 e. The first-order valence-corrected chi connectivity index (χ1v) is 7.74. The lowest BCUT2D eigenvalue weighted by Gasteiger charge is -2.34. The van der Waals surface area contributed by atoms with E-state index < -0.39 is 0 Å². The van der Waals surface area contributed by atoms with E-state index in [1.165, 1.54) is 18.9 Å². The molecule has 1 heterocycles. The van der Waals surface area contributed by atoms with Crippen molar-refractivity contribution < 1.29 is 9.18 Å². The third kappa shape index (κ3) is 3.73. The second-order valence-corrected chi connectivity index (χ2v) is 5.83. The largest absolute Gasteiger partial charge is 0.338 e. The van der Waals surface area contributed by atoms with Crippen LogP contribution in [0.15, 0.2) is 24.3 Å². The van der Waals surface area contributed by atoms with Crippen LogP contribution in [0, 0.1) is 5.82 Å². The van der Waals surface area contributed by atoms with Gasteiger partial charge in [0.05, 0.1) is 0 Å². The van der Waals surface area contributed by atoms with Crippen molar-refractivity contribution in [1.29, 1.82) is 0 Å². The lowest BCUT2D eigenvalue weighted by atomic mass is 10.1. The average Bonchev–Trinajstić information content (AvgIpc) is 3.34. The predicted molar refractivity (Wildman–Crippen MR) is 79.7 cm³/mol. The number of carbonyl (C=O) groups is 1. The average molecular weight is 291 g/mol. The van der Waals surface area contributed by atoms with Gasteiger partial charge in [0.2, 0.25) is 0 Å². The summed E-state index contributed by atoms with van der Waals surface area (Å²) in [7, 11) is 0.